The molecule has 2 rings (SSSR count). The number of carbonyl (C=O) groups excluding carboxylic acids is 1. The molecule has 1 aromatic carbocycles. The minimum Gasteiger partial charge on any atom is -0.496 e. The van der Waals surface area contributed by atoms with Crippen molar-refractivity contribution in [2.75, 3.05) is 13.7 Å². The highest BCUT2D eigenvalue weighted by Gasteiger charge is 2.25. The second kappa shape index (κ2) is 6.07. The summed E-state index contributed by atoms with van der Waals surface area (Å²) in [5, 5.41) is 8.84. The number of likely N-dealkylation sites (tertiary alicyclic amines) is 1. The molecule has 0 aliphatic carbocycles. The van der Waals surface area contributed by atoms with Gasteiger partial charge in [-0.15, -0.1) is 0 Å². The first-order valence-corrected chi connectivity index (χ1v) is 6.93. The lowest BCUT2D eigenvalue weighted by Gasteiger charge is -2.29. The van der Waals surface area contributed by atoms with Gasteiger partial charge in [0, 0.05) is 19.5 Å². The summed E-state index contributed by atoms with van der Waals surface area (Å²) in [5.74, 6) is 0.717. The van der Waals surface area contributed by atoms with E-state index in [1.54, 1.807) is 7.11 Å². The number of nitrogens with zero attached hydrogens (tertiary/aromatic N) is 2. The van der Waals surface area contributed by atoms with Crippen molar-refractivity contribution in [1.29, 1.82) is 5.26 Å². The summed E-state index contributed by atoms with van der Waals surface area (Å²) in [6.45, 7) is 1.24. The first-order valence-electron chi connectivity index (χ1n) is 6.14. The number of amides is 1. The maximum atomic E-state index is 11.9. The summed E-state index contributed by atoms with van der Waals surface area (Å²) >= 11 is 3.44. The third kappa shape index (κ3) is 3.27. The molecule has 1 aromatic rings. The van der Waals surface area contributed by atoms with Crippen molar-refractivity contribution in [3.8, 4) is 11.8 Å². The minimum atomic E-state index is -0.119. The van der Waals surface area contributed by atoms with Gasteiger partial charge in [0.15, 0.2) is 0 Å². The second-order valence-electron chi connectivity index (χ2n) is 4.60. The van der Waals surface area contributed by atoms with Crippen LogP contribution in [0.4, 0.5) is 0 Å². The topological polar surface area (TPSA) is 53.3 Å². The summed E-state index contributed by atoms with van der Waals surface area (Å²) in [6.07, 6.45) is 1.10. The Morgan fingerprint density at radius 3 is 2.95 bits per heavy atom. The lowest BCUT2D eigenvalue weighted by atomic mass is 9.97. The highest BCUT2D eigenvalue weighted by atomic mass is 79.9. The lowest BCUT2D eigenvalue weighted by molar-refractivity contribution is -0.134. The van der Waals surface area contributed by atoms with Crippen molar-refractivity contribution in [1.82, 2.24) is 4.90 Å². The highest BCUT2D eigenvalue weighted by molar-refractivity contribution is 9.10. The number of nitriles is 1. The number of piperidine rings is 1. The number of ether oxygens (including phenoxy) is 1. The van der Waals surface area contributed by atoms with Crippen LogP contribution in [0.3, 0.4) is 0 Å². The van der Waals surface area contributed by atoms with Gasteiger partial charge in [-0.05, 0) is 40.0 Å². The van der Waals surface area contributed by atoms with E-state index in [1.807, 2.05) is 23.1 Å². The van der Waals surface area contributed by atoms with Gasteiger partial charge in [0.2, 0.25) is 5.91 Å². The van der Waals surface area contributed by atoms with Crippen LogP contribution in [0.15, 0.2) is 22.7 Å². The fraction of sp³-hybridized carbons (Fsp3) is 0.429. The van der Waals surface area contributed by atoms with Crippen LogP contribution in [0.5, 0.6) is 5.75 Å². The molecule has 4 nitrogen and oxygen atoms in total. The van der Waals surface area contributed by atoms with Gasteiger partial charge in [0.05, 0.1) is 23.6 Å². The number of hydrogen-bond acceptors (Lipinski definition) is 3. The largest absolute Gasteiger partial charge is 0.496 e. The fourth-order valence-corrected chi connectivity index (χ4v) is 2.77. The third-order valence-corrected chi connectivity index (χ3v) is 3.91. The van der Waals surface area contributed by atoms with Crippen LogP contribution in [-0.4, -0.2) is 24.5 Å². The molecule has 5 heteroatoms. The molecule has 1 heterocycles. The van der Waals surface area contributed by atoms with Crippen LogP contribution in [0, 0.1) is 17.2 Å². The summed E-state index contributed by atoms with van der Waals surface area (Å²) in [7, 11) is 1.62. The Morgan fingerprint density at radius 2 is 2.37 bits per heavy atom. The zero-order valence-electron chi connectivity index (χ0n) is 10.7. The molecule has 0 N–H and O–H groups in total. The molecule has 100 valence electrons. The smallest absolute Gasteiger partial charge is 0.224 e. The molecule has 1 unspecified atom stereocenters. The van der Waals surface area contributed by atoms with Crippen LogP contribution in [0.25, 0.3) is 0 Å². The molecule has 0 spiro atoms. The molecule has 0 aromatic heterocycles. The van der Waals surface area contributed by atoms with Gasteiger partial charge in [-0.1, -0.05) is 6.07 Å². The third-order valence-electron chi connectivity index (χ3n) is 3.29. The van der Waals surface area contributed by atoms with Crippen LogP contribution in [0.2, 0.25) is 0 Å². The first-order chi connectivity index (χ1) is 9.13. The molecule has 1 saturated heterocycles. The molecule has 1 fully saturated rings. The molecule has 1 aliphatic heterocycles. The maximum Gasteiger partial charge on any atom is 0.224 e. The Labute approximate surface area is 121 Å². The monoisotopic (exact) mass is 322 g/mol. The number of rotatable bonds is 3. The summed E-state index contributed by atoms with van der Waals surface area (Å²) in [5.41, 5.74) is 1.05. The van der Waals surface area contributed by atoms with Gasteiger partial charge in [0.1, 0.15) is 5.75 Å². The van der Waals surface area contributed by atoms with Gasteiger partial charge in [-0.3, -0.25) is 4.79 Å². The molecule has 0 radical (unpaired) electrons. The highest BCUT2D eigenvalue weighted by Crippen LogP contribution is 2.27. The van der Waals surface area contributed by atoms with Crippen LogP contribution >= 0.6 is 15.9 Å². The number of carbonyl (C=O) groups is 1. The van der Waals surface area contributed by atoms with E-state index in [2.05, 4.69) is 22.0 Å². The van der Waals surface area contributed by atoms with Crippen molar-refractivity contribution >= 4 is 21.8 Å². The standard InChI is InChI=1S/C14H15BrN2O2/c1-19-13-3-2-11(6-12(13)15)9-17-5-4-10(8-16)7-14(17)18/h2-3,6,10H,4-5,7,9H2,1H3. The second-order valence-corrected chi connectivity index (χ2v) is 5.46. The van der Waals surface area contributed by atoms with Crippen LogP contribution in [0.1, 0.15) is 18.4 Å². The maximum absolute atomic E-state index is 11.9. The Balaban J connectivity index is 2.04. The van der Waals surface area contributed by atoms with Crippen molar-refractivity contribution in [2.45, 2.75) is 19.4 Å². The van der Waals surface area contributed by atoms with Gasteiger partial charge >= 0.3 is 0 Å². The molecular weight excluding hydrogens is 308 g/mol. The molecule has 0 saturated carbocycles. The van der Waals surface area contributed by atoms with Crippen LogP contribution < -0.4 is 4.74 Å². The quantitative estimate of drug-likeness (QED) is 0.859. The van der Waals surface area contributed by atoms with Crippen molar-refractivity contribution in [3.05, 3.63) is 28.2 Å². The summed E-state index contributed by atoms with van der Waals surface area (Å²) in [6, 6.07) is 7.96. The molecule has 1 atom stereocenters. The van der Waals surface area contributed by atoms with Gasteiger partial charge in [-0.2, -0.15) is 5.26 Å². The van der Waals surface area contributed by atoms with E-state index in [4.69, 9.17) is 10.00 Å². The van der Waals surface area contributed by atoms with E-state index in [1.165, 1.54) is 0 Å². The minimum absolute atomic E-state index is 0.0599. The number of halogens is 1. The lowest BCUT2D eigenvalue weighted by Crippen LogP contribution is -2.37. The van der Waals surface area contributed by atoms with Gasteiger partial charge in [0.25, 0.3) is 0 Å². The normalized spacial score (nSPS) is 19.1. The van der Waals surface area contributed by atoms with Crippen molar-refractivity contribution in [3.63, 3.8) is 0 Å². The van der Waals surface area contributed by atoms with E-state index in [-0.39, 0.29) is 11.8 Å². The van der Waals surface area contributed by atoms with E-state index in [0.717, 1.165) is 22.2 Å². The molecule has 19 heavy (non-hydrogen) atoms. The average Bonchev–Trinajstić information content (AvgIpc) is 2.41. The van der Waals surface area contributed by atoms with Crippen molar-refractivity contribution in [2.24, 2.45) is 5.92 Å². The fourth-order valence-electron chi connectivity index (χ4n) is 2.18. The molecule has 1 aliphatic rings. The molecular formula is C14H15BrN2O2. The van der Waals surface area contributed by atoms with Gasteiger partial charge < -0.3 is 9.64 Å². The SMILES string of the molecule is COc1ccc(CN2CCC(C#N)CC2=O)cc1Br. The first kappa shape index (κ1) is 13.9. The predicted molar refractivity (Wildman–Crippen MR) is 74.4 cm³/mol. The number of methoxy groups -OCH3 is 1. The van der Waals surface area contributed by atoms with E-state index in [0.29, 0.717) is 19.5 Å². The number of benzene rings is 1. The molecule has 0 bridgehead atoms. The Morgan fingerprint density at radius 1 is 1.58 bits per heavy atom. The van der Waals surface area contributed by atoms with E-state index in [9.17, 15) is 4.79 Å². The Hall–Kier alpha value is -1.54. The Bertz CT molecular complexity index is 525. The van der Waals surface area contributed by atoms with Gasteiger partial charge in [-0.25, -0.2) is 0 Å². The summed E-state index contributed by atoms with van der Waals surface area (Å²) in [4.78, 5) is 13.7. The van der Waals surface area contributed by atoms with E-state index < -0.39 is 0 Å². The van der Waals surface area contributed by atoms with Crippen LogP contribution in [-0.2, 0) is 11.3 Å². The van der Waals surface area contributed by atoms with Crippen molar-refractivity contribution < 1.29 is 9.53 Å². The van der Waals surface area contributed by atoms with E-state index >= 15 is 0 Å². The number of hydrogen-bond donors (Lipinski definition) is 0. The zero-order chi connectivity index (χ0) is 13.8. The predicted octanol–water partition coefficient (Wildman–Crippen LogP) is 2.72. The Kier molecular flexibility index (Phi) is 4.43. The average molecular weight is 323 g/mol. The molecule has 1 amide bonds. The zero-order valence-corrected chi connectivity index (χ0v) is 12.3. The summed E-state index contributed by atoms with van der Waals surface area (Å²) < 4.78 is 6.06.